The summed E-state index contributed by atoms with van der Waals surface area (Å²) in [6.45, 7) is 7.65. The van der Waals surface area contributed by atoms with Crippen LogP contribution in [-0.2, 0) is 0 Å². The number of rotatable bonds is 2. The molecule has 3 fully saturated rings. The summed E-state index contributed by atoms with van der Waals surface area (Å²) >= 11 is 0. The lowest BCUT2D eigenvalue weighted by molar-refractivity contribution is 0.118. The first kappa shape index (κ1) is 13.8. The molecule has 110 valence electrons. The van der Waals surface area contributed by atoms with Crippen LogP contribution in [0.3, 0.4) is 0 Å². The second kappa shape index (κ2) is 6.08. The quantitative estimate of drug-likeness (QED) is 0.793. The molecule has 0 aromatic rings. The van der Waals surface area contributed by atoms with E-state index in [-0.39, 0.29) is 0 Å². The van der Waals surface area contributed by atoms with Gasteiger partial charge in [-0.3, -0.25) is 9.80 Å². The summed E-state index contributed by atoms with van der Waals surface area (Å²) in [4.78, 5) is 7.95. The minimum atomic E-state index is 0.461. The maximum atomic E-state index is 6.01. The third kappa shape index (κ3) is 3.30. The van der Waals surface area contributed by atoms with Crippen LogP contribution >= 0.6 is 0 Å². The van der Waals surface area contributed by atoms with Crippen molar-refractivity contribution < 1.29 is 0 Å². The summed E-state index contributed by atoms with van der Waals surface area (Å²) in [7, 11) is 2.25. The van der Waals surface area contributed by atoms with E-state index in [0.29, 0.717) is 6.04 Å². The van der Waals surface area contributed by atoms with Crippen LogP contribution in [-0.4, -0.2) is 79.1 Å². The van der Waals surface area contributed by atoms with E-state index >= 15 is 0 Å². The molecule has 0 amide bonds. The predicted octanol–water partition coefficient (Wildman–Crippen LogP) is 0.578. The number of piperidine rings is 2. The van der Waals surface area contributed by atoms with Crippen LogP contribution in [0.15, 0.2) is 0 Å². The van der Waals surface area contributed by atoms with Crippen molar-refractivity contribution in [2.75, 3.05) is 46.3 Å². The summed E-state index contributed by atoms with van der Waals surface area (Å²) in [6.07, 6.45) is 6.51. The van der Waals surface area contributed by atoms with E-state index in [1.54, 1.807) is 0 Å². The summed E-state index contributed by atoms with van der Waals surface area (Å²) in [6, 6.07) is 2.13. The highest BCUT2D eigenvalue weighted by molar-refractivity contribution is 4.90. The molecule has 3 aliphatic rings. The molecule has 0 bridgehead atoms. The maximum absolute atomic E-state index is 6.01. The van der Waals surface area contributed by atoms with Crippen LogP contribution in [0.2, 0.25) is 0 Å². The highest BCUT2D eigenvalue weighted by Gasteiger charge is 2.33. The largest absolute Gasteiger partial charge is 0.328 e. The van der Waals surface area contributed by atoms with Crippen molar-refractivity contribution in [1.29, 1.82) is 0 Å². The first-order chi connectivity index (χ1) is 9.22. The Morgan fingerprint density at radius 3 is 2.00 bits per heavy atom. The number of hydrogen-bond donors (Lipinski definition) is 1. The van der Waals surface area contributed by atoms with Crippen LogP contribution in [0.1, 0.15) is 32.1 Å². The summed E-state index contributed by atoms with van der Waals surface area (Å²) in [5, 5.41) is 0. The molecule has 4 heteroatoms. The zero-order valence-corrected chi connectivity index (χ0v) is 12.4. The Kier molecular flexibility index (Phi) is 4.42. The van der Waals surface area contributed by atoms with E-state index < -0.39 is 0 Å². The van der Waals surface area contributed by atoms with Gasteiger partial charge in [0.2, 0.25) is 0 Å². The Morgan fingerprint density at radius 2 is 1.32 bits per heavy atom. The Balaban J connectivity index is 1.47. The van der Waals surface area contributed by atoms with Crippen LogP contribution in [0.5, 0.6) is 0 Å². The zero-order chi connectivity index (χ0) is 13.2. The van der Waals surface area contributed by atoms with E-state index in [1.807, 2.05) is 0 Å². The van der Waals surface area contributed by atoms with Gasteiger partial charge in [-0.1, -0.05) is 0 Å². The summed E-state index contributed by atoms with van der Waals surface area (Å²) < 4.78 is 0. The standard InChI is InChI=1S/C15H30N4/c1-17-7-4-14(5-8-17)19-11-6-15(12-19)18-9-2-13(16)3-10-18/h13-15H,2-12,16H2,1H3. The number of nitrogens with two attached hydrogens (primary N) is 1. The Labute approximate surface area is 117 Å². The first-order valence-corrected chi connectivity index (χ1v) is 8.14. The Hall–Kier alpha value is -0.160. The van der Waals surface area contributed by atoms with Gasteiger partial charge in [0.25, 0.3) is 0 Å². The van der Waals surface area contributed by atoms with Gasteiger partial charge in [0.15, 0.2) is 0 Å². The van der Waals surface area contributed by atoms with Crippen LogP contribution in [0, 0.1) is 0 Å². The Bertz CT molecular complexity index is 252. The molecule has 1 atom stereocenters. The number of nitrogens with zero attached hydrogens (tertiary/aromatic N) is 3. The fourth-order valence-corrected chi connectivity index (χ4v) is 4.04. The number of likely N-dealkylation sites (tertiary alicyclic amines) is 3. The van der Waals surface area contributed by atoms with Crippen molar-refractivity contribution >= 4 is 0 Å². The average molecular weight is 266 g/mol. The summed E-state index contributed by atoms with van der Waals surface area (Å²) in [5.41, 5.74) is 6.01. The molecular formula is C15H30N4. The topological polar surface area (TPSA) is 35.7 Å². The molecule has 0 radical (unpaired) electrons. The molecule has 0 aromatic heterocycles. The predicted molar refractivity (Wildman–Crippen MR) is 79.3 cm³/mol. The van der Waals surface area contributed by atoms with E-state index in [2.05, 4.69) is 21.7 Å². The molecule has 1 unspecified atom stereocenters. The molecule has 3 aliphatic heterocycles. The second-order valence-corrected chi connectivity index (χ2v) is 6.85. The monoisotopic (exact) mass is 266 g/mol. The van der Waals surface area contributed by atoms with Crippen LogP contribution in [0.25, 0.3) is 0 Å². The molecule has 0 saturated carbocycles. The fourth-order valence-electron chi connectivity index (χ4n) is 4.04. The van der Waals surface area contributed by atoms with Crippen molar-refractivity contribution in [3.05, 3.63) is 0 Å². The van der Waals surface area contributed by atoms with Gasteiger partial charge in [-0.25, -0.2) is 0 Å². The van der Waals surface area contributed by atoms with Crippen LogP contribution < -0.4 is 5.73 Å². The van der Waals surface area contributed by atoms with Crippen molar-refractivity contribution in [3.63, 3.8) is 0 Å². The van der Waals surface area contributed by atoms with Gasteiger partial charge in [0.05, 0.1) is 0 Å². The van der Waals surface area contributed by atoms with E-state index in [4.69, 9.17) is 5.73 Å². The summed E-state index contributed by atoms with van der Waals surface area (Å²) in [5.74, 6) is 0. The third-order valence-electron chi connectivity index (χ3n) is 5.49. The zero-order valence-electron chi connectivity index (χ0n) is 12.4. The molecular weight excluding hydrogens is 236 g/mol. The lowest BCUT2D eigenvalue weighted by atomic mass is 10.0. The lowest BCUT2D eigenvalue weighted by Crippen LogP contribution is -2.47. The van der Waals surface area contributed by atoms with Crippen molar-refractivity contribution in [2.24, 2.45) is 5.73 Å². The fraction of sp³-hybridized carbons (Fsp3) is 1.00. The molecule has 0 aromatic carbocycles. The highest BCUT2D eigenvalue weighted by Crippen LogP contribution is 2.25. The highest BCUT2D eigenvalue weighted by atomic mass is 15.3. The minimum Gasteiger partial charge on any atom is -0.328 e. The van der Waals surface area contributed by atoms with Crippen LogP contribution in [0.4, 0.5) is 0 Å². The molecule has 3 saturated heterocycles. The van der Waals surface area contributed by atoms with Gasteiger partial charge in [0.1, 0.15) is 0 Å². The van der Waals surface area contributed by atoms with E-state index in [1.165, 1.54) is 71.4 Å². The Morgan fingerprint density at radius 1 is 0.737 bits per heavy atom. The van der Waals surface area contributed by atoms with E-state index in [0.717, 1.165) is 12.1 Å². The smallest absolute Gasteiger partial charge is 0.0235 e. The minimum absolute atomic E-state index is 0.461. The second-order valence-electron chi connectivity index (χ2n) is 6.85. The van der Waals surface area contributed by atoms with Crippen molar-refractivity contribution in [2.45, 2.75) is 50.2 Å². The lowest BCUT2D eigenvalue weighted by Gasteiger charge is -2.37. The molecule has 4 nitrogen and oxygen atoms in total. The maximum Gasteiger partial charge on any atom is 0.0235 e. The van der Waals surface area contributed by atoms with Crippen molar-refractivity contribution in [3.8, 4) is 0 Å². The first-order valence-electron chi connectivity index (χ1n) is 8.14. The van der Waals surface area contributed by atoms with Gasteiger partial charge in [-0.15, -0.1) is 0 Å². The van der Waals surface area contributed by atoms with Gasteiger partial charge < -0.3 is 10.6 Å². The van der Waals surface area contributed by atoms with Gasteiger partial charge in [-0.05, 0) is 65.3 Å². The van der Waals surface area contributed by atoms with Gasteiger partial charge in [-0.2, -0.15) is 0 Å². The number of hydrogen-bond acceptors (Lipinski definition) is 4. The molecule has 2 N–H and O–H groups in total. The molecule has 0 spiro atoms. The molecule has 3 rings (SSSR count). The normalized spacial score (nSPS) is 34.1. The van der Waals surface area contributed by atoms with Gasteiger partial charge >= 0.3 is 0 Å². The SMILES string of the molecule is CN1CCC(N2CCC(N3CCC(N)CC3)C2)CC1. The molecule has 0 aliphatic carbocycles. The molecule has 19 heavy (non-hydrogen) atoms. The average Bonchev–Trinajstić information content (AvgIpc) is 2.90. The third-order valence-corrected chi connectivity index (χ3v) is 5.49. The van der Waals surface area contributed by atoms with Gasteiger partial charge in [0, 0.05) is 31.2 Å². The van der Waals surface area contributed by atoms with E-state index in [9.17, 15) is 0 Å². The van der Waals surface area contributed by atoms with Crippen molar-refractivity contribution in [1.82, 2.24) is 14.7 Å². The molecule has 3 heterocycles.